The summed E-state index contributed by atoms with van der Waals surface area (Å²) >= 11 is 6.43. The van der Waals surface area contributed by atoms with Gasteiger partial charge in [-0.1, -0.05) is 29.8 Å². The summed E-state index contributed by atoms with van der Waals surface area (Å²) in [5.41, 5.74) is 5.23. The van der Waals surface area contributed by atoms with Gasteiger partial charge < -0.3 is 14.8 Å². The van der Waals surface area contributed by atoms with Crippen LogP contribution in [0.25, 0.3) is 0 Å². The van der Waals surface area contributed by atoms with Crippen molar-refractivity contribution in [2.24, 2.45) is 0 Å². The molecule has 0 aliphatic rings. The molecule has 0 heterocycles. The van der Waals surface area contributed by atoms with Crippen LogP contribution in [0.4, 0.5) is 10.1 Å². The summed E-state index contributed by atoms with van der Waals surface area (Å²) in [6, 6.07) is 16.3. The van der Waals surface area contributed by atoms with Gasteiger partial charge in [0, 0.05) is 12.2 Å². The van der Waals surface area contributed by atoms with Gasteiger partial charge in [-0.15, -0.1) is 0 Å². The average Bonchev–Trinajstić information content (AvgIpc) is 2.67. The highest BCUT2D eigenvalue weighted by Crippen LogP contribution is 2.37. The fourth-order valence-electron chi connectivity index (χ4n) is 2.85. The minimum Gasteiger partial charge on any atom is -0.493 e. The van der Waals surface area contributed by atoms with E-state index in [9.17, 15) is 4.39 Å². The number of hydrogen-bond donors (Lipinski definition) is 1. The number of nitrogens with one attached hydrogen (secondary N) is 1. The van der Waals surface area contributed by atoms with Gasteiger partial charge in [0.2, 0.25) is 0 Å². The summed E-state index contributed by atoms with van der Waals surface area (Å²) in [5.74, 6) is 0.691. The molecule has 1 N–H and O–H groups in total. The van der Waals surface area contributed by atoms with Crippen LogP contribution in [0.15, 0.2) is 54.6 Å². The number of methoxy groups -OCH3 is 1. The molecule has 0 saturated heterocycles. The van der Waals surface area contributed by atoms with Crippen LogP contribution in [-0.2, 0) is 13.2 Å². The van der Waals surface area contributed by atoms with Crippen LogP contribution in [0.2, 0.25) is 5.02 Å². The van der Waals surface area contributed by atoms with Crippen LogP contribution < -0.4 is 14.8 Å². The van der Waals surface area contributed by atoms with Crippen molar-refractivity contribution in [1.29, 1.82) is 0 Å². The molecular weight excluding hydrogens is 377 g/mol. The van der Waals surface area contributed by atoms with Crippen LogP contribution >= 0.6 is 11.6 Å². The predicted octanol–water partition coefficient (Wildman–Crippen LogP) is 6.30. The van der Waals surface area contributed by atoms with Crippen molar-refractivity contribution in [1.82, 2.24) is 0 Å². The van der Waals surface area contributed by atoms with E-state index in [0.717, 1.165) is 16.8 Å². The summed E-state index contributed by atoms with van der Waals surface area (Å²) in [6.45, 7) is 4.98. The van der Waals surface area contributed by atoms with E-state index in [4.69, 9.17) is 21.1 Å². The third-order valence-corrected chi connectivity index (χ3v) is 4.85. The molecule has 0 bridgehead atoms. The van der Waals surface area contributed by atoms with Crippen molar-refractivity contribution in [2.75, 3.05) is 12.4 Å². The van der Waals surface area contributed by atoms with E-state index in [0.29, 0.717) is 23.1 Å². The lowest BCUT2D eigenvalue weighted by molar-refractivity contribution is 0.284. The second-order valence-corrected chi connectivity index (χ2v) is 7.09. The summed E-state index contributed by atoms with van der Waals surface area (Å²) in [6.07, 6.45) is 0. The Morgan fingerprint density at radius 3 is 2.50 bits per heavy atom. The van der Waals surface area contributed by atoms with Crippen molar-refractivity contribution >= 4 is 17.3 Å². The Balaban J connectivity index is 1.72. The quantitative estimate of drug-likeness (QED) is 0.506. The minimum absolute atomic E-state index is 0.202. The van der Waals surface area contributed by atoms with E-state index in [1.165, 1.54) is 23.3 Å². The molecule has 0 aromatic heterocycles. The molecule has 3 rings (SSSR count). The van der Waals surface area contributed by atoms with E-state index < -0.39 is 0 Å². The van der Waals surface area contributed by atoms with Crippen LogP contribution in [0.1, 0.15) is 22.3 Å². The maximum absolute atomic E-state index is 13.3. The largest absolute Gasteiger partial charge is 0.493 e. The number of anilines is 1. The smallest absolute Gasteiger partial charge is 0.180 e. The minimum atomic E-state index is -0.299. The number of ether oxygens (including phenoxy) is 2. The van der Waals surface area contributed by atoms with Crippen molar-refractivity contribution < 1.29 is 13.9 Å². The van der Waals surface area contributed by atoms with Crippen molar-refractivity contribution in [3.63, 3.8) is 0 Å². The molecule has 0 radical (unpaired) electrons. The van der Waals surface area contributed by atoms with Crippen LogP contribution in [0.5, 0.6) is 11.5 Å². The normalized spacial score (nSPS) is 10.6. The third kappa shape index (κ3) is 4.96. The molecule has 3 aromatic rings. The van der Waals surface area contributed by atoms with Gasteiger partial charge >= 0.3 is 0 Å². The molecule has 146 valence electrons. The molecule has 28 heavy (non-hydrogen) atoms. The molecule has 0 aliphatic heterocycles. The average molecular weight is 400 g/mol. The van der Waals surface area contributed by atoms with Crippen LogP contribution in [-0.4, -0.2) is 7.11 Å². The molecule has 0 spiro atoms. The molecule has 3 aromatic carbocycles. The van der Waals surface area contributed by atoms with Crippen LogP contribution in [0.3, 0.4) is 0 Å². The lowest BCUT2D eigenvalue weighted by Gasteiger charge is -2.15. The molecule has 0 aliphatic carbocycles. The van der Waals surface area contributed by atoms with Gasteiger partial charge in [0.25, 0.3) is 0 Å². The molecule has 0 saturated carbocycles. The van der Waals surface area contributed by atoms with Gasteiger partial charge in [-0.3, -0.25) is 0 Å². The highest BCUT2D eigenvalue weighted by Gasteiger charge is 2.13. The number of rotatable bonds is 7. The van der Waals surface area contributed by atoms with Crippen molar-refractivity contribution in [3.05, 3.63) is 87.7 Å². The number of aryl methyl sites for hydroxylation is 2. The Kier molecular flexibility index (Phi) is 6.42. The second kappa shape index (κ2) is 8.98. The zero-order valence-corrected chi connectivity index (χ0v) is 16.9. The van der Waals surface area contributed by atoms with Gasteiger partial charge in [-0.05, 0) is 72.5 Å². The first-order valence-corrected chi connectivity index (χ1v) is 9.39. The van der Waals surface area contributed by atoms with Gasteiger partial charge in [0.05, 0.1) is 12.1 Å². The van der Waals surface area contributed by atoms with E-state index in [2.05, 4.69) is 37.4 Å². The summed E-state index contributed by atoms with van der Waals surface area (Å²) in [7, 11) is 1.57. The monoisotopic (exact) mass is 399 g/mol. The van der Waals surface area contributed by atoms with E-state index in [1.54, 1.807) is 19.2 Å². The Morgan fingerprint density at radius 2 is 1.79 bits per heavy atom. The fraction of sp³-hybridized carbons (Fsp3) is 0.217. The first-order valence-electron chi connectivity index (χ1n) is 9.01. The molecule has 0 atom stereocenters. The van der Waals surface area contributed by atoms with Gasteiger partial charge in [-0.25, -0.2) is 4.39 Å². The van der Waals surface area contributed by atoms with Crippen LogP contribution in [0, 0.1) is 19.7 Å². The van der Waals surface area contributed by atoms with E-state index in [-0.39, 0.29) is 12.4 Å². The molecule has 0 fully saturated rings. The maximum atomic E-state index is 13.3. The molecule has 0 amide bonds. The lowest BCUT2D eigenvalue weighted by atomic mass is 10.1. The first kappa shape index (κ1) is 20.0. The lowest BCUT2D eigenvalue weighted by Crippen LogP contribution is -2.03. The first-order chi connectivity index (χ1) is 13.5. The van der Waals surface area contributed by atoms with Gasteiger partial charge in [-0.2, -0.15) is 0 Å². The highest BCUT2D eigenvalue weighted by molar-refractivity contribution is 6.32. The highest BCUT2D eigenvalue weighted by atomic mass is 35.5. The zero-order chi connectivity index (χ0) is 20.1. The SMILES string of the molecule is COc1cc(CNc2ccc(C)c(C)c2)cc(Cl)c1OCc1cccc(F)c1. The van der Waals surface area contributed by atoms with E-state index >= 15 is 0 Å². The summed E-state index contributed by atoms with van der Waals surface area (Å²) in [4.78, 5) is 0. The molecular formula is C23H23ClFNO2. The van der Waals surface area contributed by atoms with Crippen molar-refractivity contribution in [2.45, 2.75) is 27.0 Å². The number of benzene rings is 3. The topological polar surface area (TPSA) is 30.5 Å². The standard InChI is InChI=1S/C23H23ClFNO2/c1-15-7-8-20(9-16(15)2)26-13-18-11-21(24)23(22(12-18)27-3)28-14-17-5-4-6-19(25)10-17/h4-12,26H,13-14H2,1-3H3. The summed E-state index contributed by atoms with van der Waals surface area (Å²) < 4.78 is 24.6. The molecule has 0 unspecified atom stereocenters. The fourth-order valence-corrected chi connectivity index (χ4v) is 3.14. The maximum Gasteiger partial charge on any atom is 0.180 e. The Labute approximate surface area is 170 Å². The predicted molar refractivity (Wildman–Crippen MR) is 112 cm³/mol. The third-order valence-electron chi connectivity index (χ3n) is 4.56. The second-order valence-electron chi connectivity index (χ2n) is 6.68. The van der Waals surface area contributed by atoms with E-state index in [1.807, 2.05) is 12.1 Å². The van der Waals surface area contributed by atoms with Gasteiger partial charge in [0.1, 0.15) is 12.4 Å². The Bertz CT molecular complexity index is 975. The Morgan fingerprint density at radius 1 is 0.964 bits per heavy atom. The molecule has 5 heteroatoms. The number of halogens is 2. The summed E-state index contributed by atoms with van der Waals surface area (Å²) in [5, 5.41) is 3.85. The molecule has 3 nitrogen and oxygen atoms in total. The zero-order valence-electron chi connectivity index (χ0n) is 16.2. The van der Waals surface area contributed by atoms with Crippen molar-refractivity contribution in [3.8, 4) is 11.5 Å². The number of hydrogen-bond acceptors (Lipinski definition) is 3. The Hall–Kier alpha value is -2.72. The van der Waals surface area contributed by atoms with Gasteiger partial charge in [0.15, 0.2) is 11.5 Å².